The predicted octanol–water partition coefficient (Wildman–Crippen LogP) is 4.20. The number of hydrogen-bond donors (Lipinski definition) is 1. The van der Waals surface area contributed by atoms with E-state index in [1.807, 2.05) is 66.5 Å². The van der Waals surface area contributed by atoms with Gasteiger partial charge in [-0.25, -0.2) is 14.8 Å². The van der Waals surface area contributed by atoms with Crippen molar-refractivity contribution in [3.8, 4) is 17.1 Å². The van der Waals surface area contributed by atoms with Gasteiger partial charge in [0.15, 0.2) is 5.82 Å². The van der Waals surface area contributed by atoms with Crippen LogP contribution in [0.3, 0.4) is 0 Å². The summed E-state index contributed by atoms with van der Waals surface area (Å²) < 4.78 is 5.18. The topological polar surface area (TPSA) is 70.6 Å². The molecule has 4 rings (SSSR count). The number of carbonyl (C=O) groups excluding carboxylic acids is 1. The van der Waals surface area contributed by atoms with E-state index in [9.17, 15) is 4.79 Å². The molecule has 0 radical (unpaired) electrons. The Labute approximate surface area is 182 Å². The molecule has 0 aliphatic carbocycles. The number of benzene rings is 2. The number of nitrogens with one attached hydrogen (secondary N) is 1. The maximum absolute atomic E-state index is 12.9. The van der Waals surface area contributed by atoms with Crippen LogP contribution < -0.4 is 15.0 Å². The van der Waals surface area contributed by atoms with Crippen LogP contribution in [0.1, 0.15) is 18.2 Å². The Bertz CT molecular complexity index is 1050. The molecular formula is C24H27N5O2. The Morgan fingerprint density at radius 1 is 1.13 bits per heavy atom. The number of anilines is 2. The fourth-order valence-electron chi connectivity index (χ4n) is 3.63. The van der Waals surface area contributed by atoms with E-state index < -0.39 is 0 Å². The standard InChI is InChI=1S/C24H27N5O2/c1-4-28(2)23-20-16-29(24(30)25-18-10-12-19(31-3)13-11-18)15-14-21(20)26-22(27-23)17-8-6-5-7-9-17/h5-13H,4,14-16H2,1-3H3,(H,25,30). The monoisotopic (exact) mass is 417 g/mol. The second-order valence-corrected chi connectivity index (χ2v) is 7.51. The lowest BCUT2D eigenvalue weighted by Crippen LogP contribution is -2.40. The van der Waals surface area contributed by atoms with E-state index in [1.54, 1.807) is 7.11 Å². The van der Waals surface area contributed by atoms with Gasteiger partial charge in [0.1, 0.15) is 11.6 Å². The highest BCUT2D eigenvalue weighted by atomic mass is 16.5. The molecular weight excluding hydrogens is 390 g/mol. The number of ether oxygens (including phenoxy) is 1. The first-order valence-electron chi connectivity index (χ1n) is 10.5. The minimum atomic E-state index is -0.131. The van der Waals surface area contributed by atoms with Crippen molar-refractivity contribution in [2.24, 2.45) is 0 Å². The zero-order valence-electron chi connectivity index (χ0n) is 18.1. The highest BCUT2D eigenvalue weighted by molar-refractivity contribution is 5.89. The molecule has 7 heteroatoms. The van der Waals surface area contributed by atoms with Gasteiger partial charge in [0.2, 0.25) is 0 Å². The van der Waals surface area contributed by atoms with Gasteiger partial charge in [0.25, 0.3) is 0 Å². The number of methoxy groups -OCH3 is 1. The molecule has 2 amide bonds. The quantitative estimate of drug-likeness (QED) is 0.674. The van der Waals surface area contributed by atoms with Gasteiger partial charge >= 0.3 is 6.03 Å². The molecule has 1 aliphatic heterocycles. The van der Waals surface area contributed by atoms with Gasteiger partial charge < -0.3 is 19.9 Å². The molecule has 3 aromatic rings. The van der Waals surface area contributed by atoms with E-state index in [4.69, 9.17) is 14.7 Å². The van der Waals surface area contributed by atoms with Gasteiger partial charge in [-0.2, -0.15) is 0 Å². The number of fused-ring (bicyclic) bond motifs is 1. The molecule has 1 aliphatic rings. The molecule has 0 fully saturated rings. The van der Waals surface area contributed by atoms with Crippen LogP contribution in [0.2, 0.25) is 0 Å². The highest BCUT2D eigenvalue weighted by Gasteiger charge is 2.27. The van der Waals surface area contributed by atoms with Crippen LogP contribution >= 0.6 is 0 Å². The van der Waals surface area contributed by atoms with Crippen LogP contribution in [0, 0.1) is 0 Å². The van der Waals surface area contributed by atoms with E-state index in [0.29, 0.717) is 19.5 Å². The molecule has 1 aromatic heterocycles. The number of urea groups is 1. The van der Waals surface area contributed by atoms with Gasteiger partial charge in [-0.15, -0.1) is 0 Å². The van der Waals surface area contributed by atoms with Crippen molar-refractivity contribution < 1.29 is 9.53 Å². The summed E-state index contributed by atoms with van der Waals surface area (Å²) in [5, 5.41) is 2.97. The molecule has 7 nitrogen and oxygen atoms in total. The van der Waals surface area contributed by atoms with Crippen LogP contribution in [0.25, 0.3) is 11.4 Å². The summed E-state index contributed by atoms with van der Waals surface area (Å²) in [6, 6.07) is 17.2. The van der Waals surface area contributed by atoms with Crippen LogP contribution in [0.4, 0.5) is 16.3 Å². The van der Waals surface area contributed by atoms with Crippen molar-refractivity contribution in [1.29, 1.82) is 0 Å². The molecule has 0 bridgehead atoms. The summed E-state index contributed by atoms with van der Waals surface area (Å²) in [4.78, 5) is 26.5. The molecule has 160 valence electrons. The van der Waals surface area contributed by atoms with E-state index in [1.165, 1.54) is 0 Å². The first kappa shape index (κ1) is 20.7. The Kier molecular flexibility index (Phi) is 6.02. The predicted molar refractivity (Wildman–Crippen MR) is 123 cm³/mol. The van der Waals surface area contributed by atoms with E-state index in [-0.39, 0.29) is 6.03 Å². The second-order valence-electron chi connectivity index (χ2n) is 7.51. The van der Waals surface area contributed by atoms with E-state index in [2.05, 4.69) is 17.1 Å². The van der Waals surface area contributed by atoms with E-state index >= 15 is 0 Å². The molecule has 2 heterocycles. The summed E-state index contributed by atoms with van der Waals surface area (Å²) in [6.07, 6.45) is 0.693. The Morgan fingerprint density at radius 3 is 2.55 bits per heavy atom. The van der Waals surface area contributed by atoms with Crippen LogP contribution in [0.15, 0.2) is 54.6 Å². The third kappa shape index (κ3) is 4.45. The molecule has 0 unspecified atom stereocenters. The Balaban J connectivity index is 1.59. The lowest BCUT2D eigenvalue weighted by molar-refractivity contribution is 0.206. The van der Waals surface area contributed by atoms with Gasteiger partial charge in [-0.1, -0.05) is 30.3 Å². The molecule has 0 spiro atoms. The SMILES string of the molecule is CCN(C)c1nc(-c2ccccc2)nc2c1CN(C(=O)Nc1ccc(OC)cc1)CC2. The first-order valence-corrected chi connectivity index (χ1v) is 10.5. The number of nitrogens with zero attached hydrogens (tertiary/aromatic N) is 4. The average molecular weight is 418 g/mol. The minimum absolute atomic E-state index is 0.131. The lowest BCUT2D eigenvalue weighted by atomic mass is 10.0. The van der Waals surface area contributed by atoms with Gasteiger partial charge in [-0.3, -0.25) is 0 Å². The number of rotatable bonds is 5. The smallest absolute Gasteiger partial charge is 0.322 e. The van der Waals surface area contributed by atoms with Crippen molar-refractivity contribution in [3.05, 3.63) is 65.9 Å². The summed E-state index contributed by atoms with van der Waals surface area (Å²) in [7, 11) is 3.64. The fraction of sp³-hybridized carbons (Fsp3) is 0.292. The maximum Gasteiger partial charge on any atom is 0.322 e. The Morgan fingerprint density at radius 2 is 1.87 bits per heavy atom. The van der Waals surface area contributed by atoms with Crippen LogP contribution in [-0.2, 0) is 13.0 Å². The third-order valence-electron chi connectivity index (χ3n) is 5.53. The molecule has 0 saturated carbocycles. The lowest BCUT2D eigenvalue weighted by Gasteiger charge is -2.31. The number of hydrogen-bond acceptors (Lipinski definition) is 5. The average Bonchev–Trinajstić information content (AvgIpc) is 2.83. The van der Waals surface area contributed by atoms with Crippen molar-refractivity contribution >= 4 is 17.5 Å². The number of carbonyl (C=O) groups is 1. The summed E-state index contributed by atoms with van der Waals surface area (Å²) in [5.41, 5.74) is 3.76. The van der Waals surface area contributed by atoms with Crippen molar-refractivity contribution in [1.82, 2.24) is 14.9 Å². The minimum Gasteiger partial charge on any atom is -0.497 e. The van der Waals surface area contributed by atoms with Gasteiger partial charge in [0, 0.05) is 43.4 Å². The first-order chi connectivity index (χ1) is 15.1. The molecule has 0 atom stereocenters. The molecule has 0 saturated heterocycles. The van der Waals surface area contributed by atoms with Crippen LogP contribution in [0.5, 0.6) is 5.75 Å². The number of aromatic nitrogens is 2. The van der Waals surface area contributed by atoms with Crippen molar-refractivity contribution in [2.75, 3.05) is 37.5 Å². The molecule has 31 heavy (non-hydrogen) atoms. The van der Waals surface area contributed by atoms with Gasteiger partial charge in [0.05, 0.1) is 19.3 Å². The van der Waals surface area contributed by atoms with Crippen molar-refractivity contribution in [3.63, 3.8) is 0 Å². The summed E-state index contributed by atoms with van der Waals surface area (Å²) in [5.74, 6) is 2.36. The van der Waals surface area contributed by atoms with Crippen LogP contribution in [-0.4, -0.2) is 48.1 Å². The zero-order valence-corrected chi connectivity index (χ0v) is 18.1. The number of amides is 2. The summed E-state index contributed by atoms with van der Waals surface area (Å²) >= 11 is 0. The third-order valence-corrected chi connectivity index (χ3v) is 5.53. The molecule has 2 aromatic carbocycles. The normalized spacial score (nSPS) is 12.8. The van der Waals surface area contributed by atoms with Crippen molar-refractivity contribution in [2.45, 2.75) is 19.9 Å². The highest BCUT2D eigenvalue weighted by Crippen LogP contribution is 2.29. The zero-order chi connectivity index (χ0) is 21.8. The van der Waals surface area contributed by atoms with Gasteiger partial charge in [-0.05, 0) is 31.2 Å². The van der Waals surface area contributed by atoms with E-state index in [0.717, 1.165) is 46.4 Å². The second kappa shape index (κ2) is 9.04. The fourth-order valence-corrected chi connectivity index (χ4v) is 3.63. The molecule has 1 N–H and O–H groups in total. The largest absolute Gasteiger partial charge is 0.497 e. The summed E-state index contributed by atoms with van der Waals surface area (Å²) in [6.45, 7) is 3.99. The Hall–Kier alpha value is -3.61. The maximum atomic E-state index is 12.9.